The summed E-state index contributed by atoms with van der Waals surface area (Å²) in [6, 6.07) is 0. The molecule has 1 aliphatic carbocycles. The smallest absolute Gasteiger partial charge is 0.241 e. The second-order valence-electron chi connectivity index (χ2n) is 3.95. The van der Waals surface area contributed by atoms with Gasteiger partial charge in [-0.1, -0.05) is 19.3 Å². The van der Waals surface area contributed by atoms with Crippen molar-refractivity contribution in [2.24, 2.45) is 5.41 Å². The third-order valence-corrected chi connectivity index (χ3v) is 3.03. The van der Waals surface area contributed by atoms with E-state index in [0.717, 1.165) is 13.0 Å². The first kappa shape index (κ1) is 7.14. The van der Waals surface area contributed by atoms with Crippen LogP contribution in [0.2, 0.25) is 0 Å². The van der Waals surface area contributed by atoms with Crippen LogP contribution in [-0.2, 0) is 4.79 Å². The van der Waals surface area contributed by atoms with Crippen LogP contribution in [-0.4, -0.2) is 12.5 Å². The van der Waals surface area contributed by atoms with Crippen LogP contribution in [0.1, 0.15) is 38.5 Å². The lowest BCUT2D eigenvalue weighted by Crippen LogP contribution is -2.24. The number of rotatable bonds is 0. The van der Waals surface area contributed by atoms with Crippen molar-refractivity contribution in [1.82, 2.24) is 5.32 Å². The van der Waals surface area contributed by atoms with Crippen LogP contribution in [0.3, 0.4) is 0 Å². The van der Waals surface area contributed by atoms with Gasteiger partial charge in [-0.2, -0.15) is 0 Å². The second-order valence-corrected chi connectivity index (χ2v) is 3.95. The monoisotopic (exact) mass is 152 g/mol. The highest BCUT2D eigenvalue weighted by molar-refractivity contribution is 5.78. The molecule has 0 N–H and O–H groups in total. The molecule has 1 radical (unpaired) electrons. The normalized spacial score (nSPS) is 28.9. The van der Waals surface area contributed by atoms with Gasteiger partial charge in [0.15, 0.2) is 0 Å². The van der Waals surface area contributed by atoms with Crippen molar-refractivity contribution in [3.63, 3.8) is 0 Å². The molecule has 2 aliphatic rings. The summed E-state index contributed by atoms with van der Waals surface area (Å²) in [6.45, 7) is 0.825. The van der Waals surface area contributed by atoms with Crippen molar-refractivity contribution >= 4 is 5.91 Å². The van der Waals surface area contributed by atoms with E-state index in [1.165, 1.54) is 32.1 Å². The van der Waals surface area contributed by atoms with Gasteiger partial charge in [0.25, 0.3) is 0 Å². The highest BCUT2D eigenvalue weighted by atomic mass is 16.1. The predicted molar refractivity (Wildman–Crippen MR) is 42.1 cm³/mol. The van der Waals surface area contributed by atoms with E-state index < -0.39 is 0 Å². The van der Waals surface area contributed by atoms with E-state index >= 15 is 0 Å². The highest BCUT2D eigenvalue weighted by Crippen LogP contribution is 2.41. The Morgan fingerprint density at radius 2 is 1.91 bits per heavy atom. The molecule has 2 rings (SSSR count). The van der Waals surface area contributed by atoms with Gasteiger partial charge < -0.3 is 0 Å². The molecule has 0 aromatic heterocycles. The fourth-order valence-corrected chi connectivity index (χ4v) is 2.33. The number of nitrogens with zero attached hydrogens (tertiary/aromatic N) is 1. The van der Waals surface area contributed by atoms with Gasteiger partial charge in [-0.15, -0.1) is 0 Å². The number of hydrogen-bond acceptors (Lipinski definition) is 1. The minimum atomic E-state index is 0.145. The Bertz CT molecular complexity index is 170. The Labute approximate surface area is 67.4 Å². The summed E-state index contributed by atoms with van der Waals surface area (Å²) in [5.74, 6) is 0.145. The van der Waals surface area contributed by atoms with E-state index in [-0.39, 0.29) is 5.91 Å². The molecular weight excluding hydrogens is 138 g/mol. The largest absolute Gasteiger partial charge is 0.273 e. The molecule has 1 saturated heterocycles. The molecule has 0 unspecified atom stereocenters. The van der Waals surface area contributed by atoms with Gasteiger partial charge in [0.05, 0.1) is 0 Å². The van der Waals surface area contributed by atoms with Crippen molar-refractivity contribution in [2.45, 2.75) is 38.5 Å². The first-order valence-electron chi connectivity index (χ1n) is 4.51. The summed E-state index contributed by atoms with van der Waals surface area (Å²) in [6.07, 6.45) is 7.19. The maximum atomic E-state index is 10.9. The molecule has 61 valence electrons. The Kier molecular flexibility index (Phi) is 1.63. The average Bonchev–Trinajstić information content (AvgIpc) is 2.34. The maximum absolute atomic E-state index is 10.9. The lowest BCUT2D eigenvalue weighted by Gasteiger charge is -2.30. The molecule has 11 heavy (non-hydrogen) atoms. The van der Waals surface area contributed by atoms with Gasteiger partial charge in [0.1, 0.15) is 0 Å². The summed E-state index contributed by atoms with van der Waals surface area (Å²) in [5, 5.41) is 3.97. The number of carbonyl (C=O) groups excluding carboxylic acids is 1. The minimum absolute atomic E-state index is 0.145. The highest BCUT2D eigenvalue weighted by Gasteiger charge is 2.39. The van der Waals surface area contributed by atoms with Crippen molar-refractivity contribution in [2.75, 3.05) is 6.54 Å². The van der Waals surface area contributed by atoms with Crippen LogP contribution < -0.4 is 5.32 Å². The van der Waals surface area contributed by atoms with Gasteiger partial charge in [0.2, 0.25) is 5.91 Å². The summed E-state index contributed by atoms with van der Waals surface area (Å²) >= 11 is 0. The standard InChI is InChI=1S/C9H14NO/c11-8-6-9(7-10-8)4-2-1-3-5-9/h1-7H2. The van der Waals surface area contributed by atoms with Crippen LogP contribution in [0.25, 0.3) is 0 Å². The predicted octanol–water partition coefficient (Wildman–Crippen LogP) is 1.47. The summed E-state index contributed by atoms with van der Waals surface area (Å²) in [7, 11) is 0. The number of amides is 1. The molecule has 1 amide bonds. The van der Waals surface area contributed by atoms with E-state index in [1.807, 2.05) is 0 Å². The summed E-state index contributed by atoms with van der Waals surface area (Å²) in [4.78, 5) is 10.9. The van der Waals surface area contributed by atoms with Gasteiger partial charge >= 0.3 is 0 Å². The Morgan fingerprint density at radius 1 is 1.18 bits per heavy atom. The minimum Gasteiger partial charge on any atom is -0.273 e. The van der Waals surface area contributed by atoms with E-state index in [9.17, 15) is 4.79 Å². The SMILES string of the molecule is O=C1CC2(CCCCC2)C[N]1. The van der Waals surface area contributed by atoms with Crippen molar-refractivity contribution in [1.29, 1.82) is 0 Å². The van der Waals surface area contributed by atoms with E-state index in [0.29, 0.717) is 5.41 Å². The van der Waals surface area contributed by atoms with Crippen molar-refractivity contribution in [3.05, 3.63) is 0 Å². The fourth-order valence-electron chi connectivity index (χ4n) is 2.33. The van der Waals surface area contributed by atoms with Gasteiger partial charge in [0, 0.05) is 13.0 Å². The van der Waals surface area contributed by atoms with Crippen LogP contribution in [0.5, 0.6) is 0 Å². The summed E-state index contributed by atoms with van der Waals surface area (Å²) in [5.41, 5.74) is 0.329. The quantitative estimate of drug-likeness (QED) is 0.517. The molecule has 0 aromatic rings. The van der Waals surface area contributed by atoms with Crippen LogP contribution in [0.4, 0.5) is 0 Å². The second kappa shape index (κ2) is 2.50. The van der Waals surface area contributed by atoms with E-state index in [2.05, 4.69) is 5.32 Å². The topological polar surface area (TPSA) is 31.2 Å². The van der Waals surface area contributed by atoms with Gasteiger partial charge in [-0.05, 0) is 18.3 Å². The van der Waals surface area contributed by atoms with E-state index in [4.69, 9.17) is 0 Å². The number of hydrogen-bond donors (Lipinski definition) is 0. The average molecular weight is 152 g/mol. The lowest BCUT2D eigenvalue weighted by atomic mass is 9.73. The zero-order valence-electron chi connectivity index (χ0n) is 6.81. The third kappa shape index (κ3) is 1.26. The maximum Gasteiger partial charge on any atom is 0.241 e. The van der Waals surface area contributed by atoms with Gasteiger partial charge in [-0.3, -0.25) is 10.1 Å². The molecule has 2 nitrogen and oxygen atoms in total. The molecule has 2 heteroatoms. The molecular formula is C9H14NO. The van der Waals surface area contributed by atoms with Crippen LogP contribution >= 0.6 is 0 Å². The van der Waals surface area contributed by atoms with Gasteiger partial charge in [-0.25, -0.2) is 0 Å². The van der Waals surface area contributed by atoms with Crippen molar-refractivity contribution < 1.29 is 4.79 Å². The zero-order valence-corrected chi connectivity index (χ0v) is 6.81. The Morgan fingerprint density at radius 3 is 2.45 bits per heavy atom. The molecule has 1 saturated carbocycles. The third-order valence-electron chi connectivity index (χ3n) is 3.03. The Balaban J connectivity index is 2.03. The first-order valence-corrected chi connectivity index (χ1v) is 4.51. The lowest BCUT2D eigenvalue weighted by molar-refractivity contribution is -0.120. The molecule has 0 aromatic carbocycles. The fraction of sp³-hybridized carbons (Fsp3) is 0.889. The van der Waals surface area contributed by atoms with Crippen LogP contribution in [0.15, 0.2) is 0 Å². The zero-order chi connectivity index (χ0) is 7.73. The van der Waals surface area contributed by atoms with Crippen LogP contribution in [0, 0.1) is 5.41 Å². The molecule has 0 atom stereocenters. The summed E-state index contributed by atoms with van der Waals surface area (Å²) < 4.78 is 0. The first-order chi connectivity index (χ1) is 5.31. The Hall–Kier alpha value is -0.530. The number of carbonyl (C=O) groups is 1. The van der Waals surface area contributed by atoms with Crippen molar-refractivity contribution in [3.8, 4) is 0 Å². The molecule has 0 bridgehead atoms. The molecule has 1 spiro atoms. The molecule has 2 fully saturated rings. The molecule has 1 aliphatic heterocycles. The van der Waals surface area contributed by atoms with E-state index in [1.54, 1.807) is 0 Å². The molecule has 1 heterocycles.